The van der Waals surface area contributed by atoms with Crippen LogP contribution in [0.15, 0.2) is 60.7 Å². The summed E-state index contributed by atoms with van der Waals surface area (Å²) in [6, 6.07) is 18.8. The van der Waals surface area contributed by atoms with Crippen molar-refractivity contribution in [3.05, 3.63) is 71.8 Å². The van der Waals surface area contributed by atoms with E-state index in [0.717, 1.165) is 17.9 Å². The van der Waals surface area contributed by atoms with Crippen LogP contribution in [-0.4, -0.2) is 6.61 Å². The van der Waals surface area contributed by atoms with E-state index in [1.54, 1.807) is 0 Å². The van der Waals surface area contributed by atoms with Crippen LogP contribution in [0.3, 0.4) is 0 Å². The Labute approximate surface area is 128 Å². The number of benzene rings is 2. The highest BCUT2D eigenvalue weighted by Gasteiger charge is 2.03. The van der Waals surface area contributed by atoms with Crippen LogP contribution in [0.1, 0.15) is 37.8 Å². The number of ether oxygens (including phenoxy) is 1. The van der Waals surface area contributed by atoms with Crippen molar-refractivity contribution < 1.29 is 4.74 Å². The van der Waals surface area contributed by atoms with Crippen LogP contribution >= 0.6 is 0 Å². The summed E-state index contributed by atoms with van der Waals surface area (Å²) < 4.78 is 5.89. The number of allylic oxidation sites excluding steroid dienone is 1. The third-order valence-electron chi connectivity index (χ3n) is 3.38. The zero-order valence-corrected chi connectivity index (χ0v) is 13.1. The molecule has 0 aliphatic heterocycles. The normalized spacial score (nSPS) is 12.8. The Morgan fingerprint density at radius 2 is 1.57 bits per heavy atom. The fraction of sp³-hybridized carbons (Fsp3) is 0.300. The van der Waals surface area contributed by atoms with Gasteiger partial charge in [-0.1, -0.05) is 81.5 Å². The van der Waals surface area contributed by atoms with Crippen LogP contribution in [0.5, 0.6) is 5.75 Å². The SMILES string of the molecule is CC(C)COc1ccccc1C=CC(C)c1ccccc1. The number of hydrogen-bond donors (Lipinski definition) is 0. The smallest absolute Gasteiger partial charge is 0.126 e. The molecule has 0 aliphatic rings. The second kappa shape index (κ2) is 7.68. The topological polar surface area (TPSA) is 9.23 Å². The minimum atomic E-state index is 0.393. The second-order valence-electron chi connectivity index (χ2n) is 5.80. The maximum absolute atomic E-state index is 5.89. The molecule has 2 aromatic rings. The maximum Gasteiger partial charge on any atom is 0.126 e. The highest BCUT2D eigenvalue weighted by molar-refractivity contribution is 5.58. The summed E-state index contributed by atoms with van der Waals surface area (Å²) in [5.74, 6) is 1.89. The first-order valence-corrected chi connectivity index (χ1v) is 7.62. The van der Waals surface area contributed by atoms with Gasteiger partial charge in [0.05, 0.1) is 6.61 Å². The summed E-state index contributed by atoms with van der Waals surface area (Å²) in [6.45, 7) is 7.29. The van der Waals surface area contributed by atoms with Crippen LogP contribution in [0.25, 0.3) is 6.08 Å². The van der Waals surface area contributed by atoms with Gasteiger partial charge in [-0.15, -0.1) is 0 Å². The summed E-state index contributed by atoms with van der Waals surface area (Å²) in [4.78, 5) is 0. The highest BCUT2D eigenvalue weighted by Crippen LogP contribution is 2.23. The van der Waals surface area contributed by atoms with Crippen molar-refractivity contribution in [3.63, 3.8) is 0 Å². The zero-order chi connectivity index (χ0) is 15.1. The van der Waals surface area contributed by atoms with Gasteiger partial charge in [0.25, 0.3) is 0 Å². The lowest BCUT2D eigenvalue weighted by Crippen LogP contribution is -2.05. The van der Waals surface area contributed by atoms with E-state index in [1.165, 1.54) is 5.56 Å². The molecule has 2 aromatic carbocycles. The van der Waals surface area contributed by atoms with Gasteiger partial charge in [0, 0.05) is 5.56 Å². The monoisotopic (exact) mass is 280 g/mol. The molecule has 0 bridgehead atoms. The molecule has 0 amide bonds. The van der Waals surface area contributed by atoms with Crippen molar-refractivity contribution in [2.24, 2.45) is 5.92 Å². The molecule has 1 unspecified atom stereocenters. The average Bonchev–Trinajstić information content (AvgIpc) is 2.52. The Hall–Kier alpha value is -2.02. The number of para-hydroxylation sites is 1. The van der Waals surface area contributed by atoms with Crippen LogP contribution in [0.2, 0.25) is 0 Å². The lowest BCUT2D eigenvalue weighted by molar-refractivity contribution is 0.270. The summed E-state index contributed by atoms with van der Waals surface area (Å²) in [6.07, 6.45) is 4.39. The van der Waals surface area contributed by atoms with Gasteiger partial charge >= 0.3 is 0 Å². The Morgan fingerprint density at radius 3 is 2.29 bits per heavy atom. The molecule has 0 N–H and O–H groups in total. The van der Waals surface area contributed by atoms with Gasteiger partial charge in [-0.3, -0.25) is 0 Å². The standard InChI is InChI=1S/C20H24O/c1-16(2)15-21-20-12-8-7-11-19(20)14-13-17(3)18-9-5-4-6-10-18/h4-14,16-17H,15H2,1-3H3. The lowest BCUT2D eigenvalue weighted by Gasteiger charge is -2.11. The molecule has 0 radical (unpaired) electrons. The summed E-state index contributed by atoms with van der Waals surface area (Å²) in [7, 11) is 0. The average molecular weight is 280 g/mol. The van der Waals surface area contributed by atoms with E-state index < -0.39 is 0 Å². The molecule has 1 atom stereocenters. The summed E-state index contributed by atoms with van der Waals surface area (Å²) in [5, 5.41) is 0. The van der Waals surface area contributed by atoms with Gasteiger partial charge in [0.2, 0.25) is 0 Å². The highest BCUT2D eigenvalue weighted by atomic mass is 16.5. The predicted octanol–water partition coefficient (Wildman–Crippen LogP) is 5.54. The second-order valence-corrected chi connectivity index (χ2v) is 5.80. The molecule has 0 spiro atoms. The fourth-order valence-electron chi connectivity index (χ4n) is 2.12. The molecule has 2 rings (SSSR count). The van der Waals surface area contributed by atoms with Crippen molar-refractivity contribution in [3.8, 4) is 5.75 Å². The third-order valence-corrected chi connectivity index (χ3v) is 3.38. The molecule has 0 fully saturated rings. The molecule has 110 valence electrons. The van der Waals surface area contributed by atoms with Crippen LogP contribution in [-0.2, 0) is 0 Å². The van der Waals surface area contributed by atoms with Gasteiger partial charge < -0.3 is 4.74 Å². The Morgan fingerprint density at radius 1 is 0.905 bits per heavy atom. The number of rotatable bonds is 6. The molecular weight excluding hydrogens is 256 g/mol. The van der Waals surface area contributed by atoms with Gasteiger partial charge in [-0.25, -0.2) is 0 Å². The quantitative estimate of drug-likeness (QED) is 0.675. The molecular formula is C20H24O. The lowest BCUT2D eigenvalue weighted by atomic mass is 10.00. The Bertz CT molecular complexity index is 569. The van der Waals surface area contributed by atoms with E-state index in [-0.39, 0.29) is 0 Å². The molecule has 0 aliphatic carbocycles. The molecule has 21 heavy (non-hydrogen) atoms. The van der Waals surface area contributed by atoms with Crippen LogP contribution in [0.4, 0.5) is 0 Å². The Balaban J connectivity index is 2.10. The van der Waals surface area contributed by atoms with E-state index in [1.807, 2.05) is 12.1 Å². The minimum absolute atomic E-state index is 0.393. The predicted molar refractivity (Wildman–Crippen MR) is 90.7 cm³/mol. The van der Waals surface area contributed by atoms with Gasteiger partial charge in [-0.2, -0.15) is 0 Å². The van der Waals surface area contributed by atoms with E-state index in [0.29, 0.717) is 11.8 Å². The first-order chi connectivity index (χ1) is 10.2. The number of hydrogen-bond acceptors (Lipinski definition) is 1. The first-order valence-electron chi connectivity index (χ1n) is 7.62. The van der Waals surface area contributed by atoms with Crippen molar-refractivity contribution >= 4 is 6.08 Å². The molecule has 0 saturated heterocycles. The minimum Gasteiger partial charge on any atom is -0.493 e. The largest absolute Gasteiger partial charge is 0.493 e. The summed E-state index contributed by atoms with van der Waals surface area (Å²) in [5.41, 5.74) is 2.47. The summed E-state index contributed by atoms with van der Waals surface area (Å²) >= 11 is 0. The molecule has 0 saturated carbocycles. The van der Waals surface area contributed by atoms with Gasteiger partial charge in [0.15, 0.2) is 0 Å². The molecule has 0 aromatic heterocycles. The van der Waals surface area contributed by atoms with Crippen molar-refractivity contribution in [2.75, 3.05) is 6.61 Å². The third kappa shape index (κ3) is 4.78. The van der Waals surface area contributed by atoms with E-state index >= 15 is 0 Å². The van der Waals surface area contributed by atoms with Crippen LogP contribution in [0, 0.1) is 5.92 Å². The molecule has 1 nitrogen and oxygen atoms in total. The Kier molecular flexibility index (Phi) is 5.62. The van der Waals surface area contributed by atoms with E-state index in [2.05, 4.69) is 75.4 Å². The van der Waals surface area contributed by atoms with E-state index in [9.17, 15) is 0 Å². The van der Waals surface area contributed by atoms with Crippen LogP contribution < -0.4 is 4.74 Å². The maximum atomic E-state index is 5.89. The fourth-order valence-corrected chi connectivity index (χ4v) is 2.12. The van der Waals surface area contributed by atoms with Crippen molar-refractivity contribution in [2.45, 2.75) is 26.7 Å². The van der Waals surface area contributed by atoms with Gasteiger partial charge in [-0.05, 0) is 23.5 Å². The van der Waals surface area contributed by atoms with E-state index in [4.69, 9.17) is 4.74 Å². The van der Waals surface area contributed by atoms with Crippen molar-refractivity contribution in [1.82, 2.24) is 0 Å². The molecule has 1 heteroatoms. The molecule has 0 heterocycles. The van der Waals surface area contributed by atoms with Crippen molar-refractivity contribution in [1.29, 1.82) is 0 Å². The van der Waals surface area contributed by atoms with Gasteiger partial charge in [0.1, 0.15) is 5.75 Å². The zero-order valence-electron chi connectivity index (χ0n) is 13.1. The first kappa shape index (κ1) is 15.4.